The molecule has 0 heterocycles. The monoisotopic (exact) mass is 633 g/mol. The zero-order chi connectivity index (χ0) is 33.0. The molecule has 0 spiro atoms. The van der Waals surface area contributed by atoms with E-state index in [9.17, 15) is 24.0 Å². The third-order valence-electron chi connectivity index (χ3n) is 6.09. The molecule has 0 saturated heterocycles. The molecule has 16 heteroatoms. The number of likely N-dealkylation sites (N-methyl/N-ethyl adjacent to an activating group) is 1. The largest absolute Gasteiger partial charge is 0.379 e. The molecule has 0 rings (SSSR count). The molecule has 0 aliphatic carbocycles. The van der Waals surface area contributed by atoms with Crippen molar-refractivity contribution < 1.29 is 42.9 Å². The van der Waals surface area contributed by atoms with Gasteiger partial charge in [0.05, 0.1) is 58.9 Å². The van der Waals surface area contributed by atoms with Crippen LogP contribution in [0.1, 0.15) is 46.5 Å². The fraction of sp³-hybridized carbons (Fsp3) is 0.821. The van der Waals surface area contributed by atoms with Crippen LogP contribution in [-0.2, 0) is 38.1 Å². The first-order valence-corrected chi connectivity index (χ1v) is 15.2. The molecular formula is C28H55N7O9. The maximum atomic E-state index is 12.9. The predicted octanol–water partition coefficient (Wildman–Crippen LogP) is -1.62. The van der Waals surface area contributed by atoms with Crippen molar-refractivity contribution in [2.75, 3.05) is 86.1 Å². The number of amides is 6. The number of carbonyl (C=O) groups is 5. The van der Waals surface area contributed by atoms with Gasteiger partial charge >= 0.3 is 6.03 Å². The smallest absolute Gasteiger partial charge is 0.312 e. The average Bonchev–Trinajstić information content (AvgIpc) is 2.99. The Morgan fingerprint density at radius 1 is 0.682 bits per heavy atom. The number of primary amides is 1. The summed E-state index contributed by atoms with van der Waals surface area (Å²) in [6.45, 7) is 10.2. The Bertz CT molecular complexity index is 818. The van der Waals surface area contributed by atoms with E-state index in [-0.39, 0.29) is 42.6 Å². The molecule has 6 amide bonds. The van der Waals surface area contributed by atoms with E-state index in [2.05, 4.69) is 31.9 Å². The summed E-state index contributed by atoms with van der Waals surface area (Å²) in [5.41, 5.74) is 5.05. The van der Waals surface area contributed by atoms with Gasteiger partial charge in [0.2, 0.25) is 23.6 Å². The minimum Gasteiger partial charge on any atom is -0.379 e. The van der Waals surface area contributed by atoms with Crippen LogP contribution < -0.4 is 37.6 Å². The number of carbonyl (C=O) groups excluding carboxylic acids is 5. The van der Waals surface area contributed by atoms with Crippen molar-refractivity contribution in [3.63, 3.8) is 0 Å². The maximum absolute atomic E-state index is 12.9. The van der Waals surface area contributed by atoms with Crippen LogP contribution in [0.2, 0.25) is 0 Å². The lowest BCUT2D eigenvalue weighted by Crippen LogP contribution is -2.54. The van der Waals surface area contributed by atoms with Gasteiger partial charge in [-0.2, -0.15) is 0 Å². The molecule has 1 unspecified atom stereocenters. The summed E-state index contributed by atoms with van der Waals surface area (Å²) in [6, 6.07) is -1.98. The highest BCUT2D eigenvalue weighted by Gasteiger charge is 2.26. The van der Waals surface area contributed by atoms with Crippen LogP contribution in [0.3, 0.4) is 0 Å². The Hall–Kier alpha value is -3.05. The topological polar surface area (TPSA) is 220 Å². The normalized spacial score (nSPS) is 12.3. The fourth-order valence-corrected chi connectivity index (χ4v) is 3.69. The van der Waals surface area contributed by atoms with Gasteiger partial charge in [-0.25, -0.2) is 4.79 Å². The minimum atomic E-state index is -0.757. The van der Waals surface area contributed by atoms with Crippen LogP contribution >= 0.6 is 0 Å². The van der Waals surface area contributed by atoms with Gasteiger partial charge in [-0.3, -0.25) is 19.2 Å². The first-order valence-electron chi connectivity index (χ1n) is 15.2. The average molecular weight is 634 g/mol. The van der Waals surface area contributed by atoms with Crippen LogP contribution in [0.25, 0.3) is 0 Å². The highest BCUT2D eigenvalue weighted by molar-refractivity contribution is 5.89. The van der Waals surface area contributed by atoms with Gasteiger partial charge in [0.15, 0.2) is 0 Å². The third-order valence-corrected chi connectivity index (χ3v) is 6.09. The van der Waals surface area contributed by atoms with Gasteiger partial charge in [-0.15, -0.1) is 0 Å². The first kappa shape index (κ1) is 41.0. The van der Waals surface area contributed by atoms with E-state index in [1.807, 2.05) is 13.8 Å². The lowest BCUT2D eigenvalue weighted by atomic mass is 10.0. The molecule has 0 saturated carbocycles. The van der Waals surface area contributed by atoms with Gasteiger partial charge in [0, 0.05) is 46.1 Å². The molecule has 0 aromatic carbocycles. The molecule has 0 radical (unpaired) electrons. The van der Waals surface area contributed by atoms with Crippen molar-refractivity contribution in [2.45, 2.75) is 58.5 Å². The Kier molecular flexibility index (Phi) is 25.6. The number of hydrogen-bond donors (Lipinski definition) is 7. The van der Waals surface area contributed by atoms with E-state index in [1.165, 1.54) is 7.05 Å². The number of ether oxygens (including phenoxy) is 4. The SMILES string of the molecule is CCC(=O)NCCOCCOCCOCCOCCC(=O)NCCN[C@H](C(=O)NC(CCCNC(N)=O)C(=O)NC)C(C)C. The molecule has 0 fully saturated rings. The molecule has 0 aromatic rings. The van der Waals surface area contributed by atoms with E-state index >= 15 is 0 Å². The van der Waals surface area contributed by atoms with Crippen molar-refractivity contribution in [1.82, 2.24) is 31.9 Å². The van der Waals surface area contributed by atoms with Gasteiger partial charge in [-0.05, 0) is 18.8 Å². The van der Waals surface area contributed by atoms with Crippen LogP contribution in [0, 0.1) is 5.92 Å². The second-order valence-corrected chi connectivity index (χ2v) is 10.0. The lowest BCUT2D eigenvalue weighted by Gasteiger charge is -2.25. The summed E-state index contributed by atoms with van der Waals surface area (Å²) < 4.78 is 21.6. The summed E-state index contributed by atoms with van der Waals surface area (Å²) in [6.07, 6.45) is 1.44. The van der Waals surface area contributed by atoms with Crippen molar-refractivity contribution in [3.05, 3.63) is 0 Å². The Labute approximate surface area is 260 Å². The van der Waals surface area contributed by atoms with E-state index in [4.69, 9.17) is 24.7 Å². The van der Waals surface area contributed by atoms with Crippen molar-refractivity contribution >= 4 is 29.7 Å². The standard InChI is InChI=1S/C28H55N7O9/c1-5-23(36)32-12-14-42-16-18-44-20-19-43-17-15-41-13-8-24(37)31-10-11-33-25(21(2)3)27(39)35-22(26(38)30-4)7-6-9-34-28(29)40/h21-22,25,33H,5-20H2,1-4H3,(H,30,38)(H,31,37)(H,32,36)(H,35,39)(H3,29,34,40)/t22?,25-/m0/s1. The minimum absolute atomic E-state index is 0.000150. The predicted molar refractivity (Wildman–Crippen MR) is 164 cm³/mol. The zero-order valence-corrected chi connectivity index (χ0v) is 26.8. The molecule has 256 valence electrons. The highest BCUT2D eigenvalue weighted by atomic mass is 16.6. The number of nitrogens with two attached hydrogens (primary N) is 1. The summed E-state index contributed by atoms with van der Waals surface area (Å²) in [4.78, 5) is 59.1. The third kappa shape index (κ3) is 23.4. The summed E-state index contributed by atoms with van der Waals surface area (Å²) in [5.74, 6) is -0.906. The Balaban J connectivity index is 3.94. The Morgan fingerprint density at radius 2 is 1.25 bits per heavy atom. The van der Waals surface area contributed by atoms with Gasteiger partial charge in [0.25, 0.3) is 0 Å². The highest BCUT2D eigenvalue weighted by Crippen LogP contribution is 2.04. The number of hydrogen-bond acceptors (Lipinski definition) is 10. The second kappa shape index (κ2) is 27.5. The van der Waals surface area contributed by atoms with Crippen LogP contribution in [0.15, 0.2) is 0 Å². The van der Waals surface area contributed by atoms with Crippen LogP contribution in [0.5, 0.6) is 0 Å². The molecule has 8 N–H and O–H groups in total. The lowest BCUT2D eigenvalue weighted by molar-refractivity contribution is -0.130. The molecular weight excluding hydrogens is 578 g/mol. The molecule has 0 bridgehead atoms. The summed E-state index contributed by atoms with van der Waals surface area (Å²) in [7, 11) is 1.49. The van der Waals surface area contributed by atoms with Gasteiger partial charge in [-0.1, -0.05) is 20.8 Å². The quantitative estimate of drug-likeness (QED) is 0.0488. The summed E-state index contributed by atoms with van der Waals surface area (Å²) in [5, 5.41) is 16.4. The van der Waals surface area contributed by atoms with E-state index in [0.29, 0.717) is 91.7 Å². The number of rotatable bonds is 28. The van der Waals surface area contributed by atoms with E-state index < -0.39 is 18.1 Å². The van der Waals surface area contributed by atoms with Crippen LogP contribution in [0.4, 0.5) is 4.79 Å². The van der Waals surface area contributed by atoms with Crippen molar-refractivity contribution in [3.8, 4) is 0 Å². The molecule has 2 atom stereocenters. The fourth-order valence-electron chi connectivity index (χ4n) is 3.69. The second-order valence-electron chi connectivity index (χ2n) is 10.0. The molecule has 44 heavy (non-hydrogen) atoms. The van der Waals surface area contributed by atoms with E-state index in [0.717, 1.165) is 0 Å². The molecule has 0 aromatic heterocycles. The van der Waals surface area contributed by atoms with E-state index in [1.54, 1.807) is 6.92 Å². The van der Waals surface area contributed by atoms with Crippen molar-refractivity contribution in [1.29, 1.82) is 0 Å². The van der Waals surface area contributed by atoms with Crippen LogP contribution in [-0.4, -0.2) is 128 Å². The maximum Gasteiger partial charge on any atom is 0.312 e. The molecule has 0 aliphatic heterocycles. The first-order chi connectivity index (χ1) is 21.1. The molecule has 16 nitrogen and oxygen atoms in total. The number of nitrogens with one attached hydrogen (secondary N) is 6. The zero-order valence-electron chi connectivity index (χ0n) is 26.8. The Morgan fingerprint density at radius 3 is 1.80 bits per heavy atom. The van der Waals surface area contributed by atoms with Crippen molar-refractivity contribution in [2.24, 2.45) is 11.7 Å². The van der Waals surface area contributed by atoms with Gasteiger partial charge in [0.1, 0.15) is 6.04 Å². The van der Waals surface area contributed by atoms with Gasteiger partial charge < -0.3 is 56.6 Å². The summed E-state index contributed by atoms with van der Waals surface area (Å²) >= 11 is 0. The molecule has 0 aliphatic rings. The number of urea groups is 1.